The summed E-state index contributed by atoms with van der Waals surface area (Å²) in [5.41, 5.74) is 1.82. The number of hydrogen-bond acceptors (Lipinski definition) is 6. The molecule has 0 saturated heterocycles. The molecule has 0 bridgehead atoms. The standard InChI is InChI=1S/C18H22N4O5S/c1-19-28(26,27)13-15-8-6-14(7-9-15)12-21-18(23)10-11-20-16-4-2-3-5-17(16)22(24)25/h2-9,19-20H,10-13H2,1H3,(H,21,23). The summed E-state index contributed by atoms with van der Waals surface area (Å²) in [6.07, 6.45) is 0.157. The van der Waals surface area contributed by atoms with Crippen molar-refractivity contribution in [1.82, 2.24) is 10.0 Å². The maximum absolute atomic E-state index is 11.9. The van der Waals surface area contributed by atoms with Gasteiger partial charge in [0.15, 0.2) is 0 Å². The molecule has 2 aromatic rings. The lowest BCUT2D eigenvalue weighted by Gasteiger charge is -2.09. The van der Waals surface area contributed by atoms with Crippen molar-refractivity contribution in [3.05, 3.63) is 69.8 Å². The Morgan fingerprint density at radius 1 is 1.07 bits per heavy atom. The molecular weight excluding hydrogens is 384 g/mol. The summed E-state index contributed by atoms with van der Waals surface area (Å²) in [6.45, 7) is 0.570. The van der Waals surface area contributed by atoms with Gasteiger partial charge in [0.2, 0.25) is 15.9 Å². The van der Waals surface area contributed by atoms with E-state index in [-0.39, 0.29) is 30.3 Å². The Hall–Kier alpha value is -2.98. The molecule has 150 valence electrons. The Morgan fingerprint density at radius 3 is 2.36 bits per heavy atom. The van der Waals surface area contributed by atoms with E-state index in [1.807, 2.05) is 0 Å². The van der Waals surface area contributed by atoms with E-state index < -0.39 is 14.9 Å². The fraction of sp³-hybridized carbons (Fsp3) is 0.278. The molecule has 0 radical (unpaired) electrons. The summed E-state index contributed by atoms with van der Waals surface area (Å²) in [4.78, 5) is 22.4. The number of para-hydroxylation sites is 2. The zero-order valence-corrected chi connectivity index (χ0v) is 16.2. The second kappa shape index (κ2) is 9.81. The minimum Gasteiger partial charge on any atom is -0.379 e. The average Bonchev–Trinajstić information content (AvgIpc) is 2.67. The molecule has 0 aromatic heterocycles. The number of carbonyl (C=O) groups excluding carboxylic acids is 1. The minimum atomic E-state index is -3.32. The van der Waals surface area contributed by atoms with Gasteiger partial charge in [-0.2, -0.15) is 0 Å². The Morgan fingerprint density at radius 2 is 1.71 bits per heavy atom. The number of anilines is 1. The van der Waals surface area contributed by atoms with Gasteiger partial charge in [-0.1, -0.05) is 36.4 Å². The number of hydrogen-bond donors (Lipinski definition) is 3. The van der Waals surface area contributed by atoms with Gasteiger partial charge in [0, 0.05) is 25.6 Å². The van der Waals surface area contributed by atoms with Crippen molar-refractivity contribution in [3.63, 3.8) is 0 Å². The first kappa shape index (κ1) is 21.3. The van der Waals surface area contributed by atoms with Gasteiger partial charge >= 0.3 is 0 Å². The van der Waals surface area contributed by atoms with Crippen LogP contribution in [0.2, 0.25) is 0 Å². The van der Waals surface area contributed by atoms with E-state index in [2.05, 4.69) is 15.4 Å². The number of nitro groups is 1. The average molecular weight is 406 g/mol. The van der Waals surface area contributed by atoms with Crippen LogP contribution in [0, 0.1) is 10.1 Å². The molecule has 2 rings (SSSR count). The molecule has 10 heteroatoms. The van der Waals surface area contributed by atoms with Crippen molar-refractivity contribution in [1.29, 1.82) is 0 Å². The highest BCUT2D eigenvalue weighted by atomic mass is 32.2. The maximum Gasteiger partial charge on any atom is 0.292 e. The van der Waals surface area contributed by atoms with Crippen LogP contribution in [0.4, 0.5) is 11.4 Å². The van der Waals surface area contributed by atoms with Crippen molar-refractivity contribution in [2.24, 2.45) is 0 Å². The van der Waals surface area contributed by atoms with Gasteiger partial charge in [0.25, 0.3) is 5.69 Å². The highest BCUT2D eigenvalue weighted by Crippen LogP contribution is 2.22. The van der Waals surface area contributed by atoms with Crippen molar-refractivity contribution < 1.29 is 18.1 Å². The molecule has 0 saturated carbocycles. The van der Waals surface area contributed by atoms with Gasteiger partial charge < -0.3 is 10.6 Å². The molecule has 2 aromatic carbocycles. The second-order valence-electron chi connectivity index (χ2n) is 6.01. The van der Waals surface area contributed by atoms with E-state index in [1.54, 1.807) is 42.5 Å². The molecule has 1 amide bonds. The predicted molar refractivity (Wildman–Crippen MR) is 106 cm³/mol. The second-order valence-corrected chi connectivity index (χ2v) is 7.93. The van der Waals surface area contributed by atoms with E-state index in [1.165, 1.54) is 13.1 Å². The summed E-state index contributed by atoms with van der Waals surface area (Å²) in [5.74, 6) is -0.305. The molecular formula is C18H22N4O5S. The third-order valence-corrected chi connectivity index (χ3v) is 5.28. The molecule has 0 fully saturated rings. The number of nitro benzene ring substituents is 1. The van der Waals surface area contributed by atoms with Crippen molar-refractivity contribution in [2.75, 3.05) is 18.9 Å². The number of sulfonamides is 1. The third-order valence-electron chi connectivity index (χ3n) is 3.95. The first-order valence-electron chi connectivity index (χ1n) is 8.54. The molecule has 9 nitrogen and oxygen atoms in total. The monoisotopic (exact) mass is 406 g/mol. The van der Waals surface area contributed by atoms with E-state index in [4.69, 9.17) is 0 Å². The Bertz CT molecular complexity index is 929. The highest BCUT2D eigenvalue weighted by Gasteiger charge is 2.12. The molecule has 0 spiro atoms. The molecule has 28 heavy (non-hydrogen) atoms. The third kappa shape index (κ3) is 6.63. The molecule has 0 atom stereocenters. The van der Waals surface area contributed by atoms with Crippen LogP contribution < -0.4 is 15.4 Å². The van der Waals surface area contributed by atoms with Gasteiger partial charge in [0.05, 0.1) is 10.7 Å². The van der Waals surface area contributed by atoms with Crippen LogP contribution in [0.25, 0.3) is 0 Å². The molecule has 0 aliphatic heterocycles. The lowest BCUT2D eigenvalue weighted by molar-refractivity contribution is -0.384. The SMILES string of the molecule is CNS(=O)(=O)Cc1ccc(CNC(=O)CCNc2ccccc2[N+](=O)[O-])cc1. The van der Waals surface area contributed by atoms with Crippen molar-refractivity contribution >= 4 is 27.3 Å². The highest BCUT2D eigenvalue weighted by molar-refractivity contribution is 7.88. The number of amides is 1. The molecule has 0 aliphatic rings. The van der Waals surface area contributed by atoms with Gasteiger partial charge in [-0.3, -0.25) is 14.9 Å². The van der Waals surface area contributed by atoms with E-state index >= 15 is 0 Å². The van der Waals surface area contributed by atoms with E-state index in [0.29, 0.717) is 17.8 Å². The lowest BCUT2D eigenvalue weighted by Crippen LogP contribution is -2.25. The fourth-order valence-electron chi connectivity index (χ4n) is 2.43. The first-order chi connectivity index (χ1) is 13.3. The largest absolute Gasteiger partial charge is 0.379 e. The Labute approximate surface area is 163 Å². The van der Waals surface area contributed by atoms with E-state index in [0.717, 1.165) is 5.56 Å². The van der Waals surface area contributed by atoms with Gasteiger partial charge in [-0.25, -0.2) is 13.1 Å². The first-order valence-corrected chi connectivity index (χ1v) is 10.2. The van der Waals surface area contributed by atoms with Crippen LogP contribution in [-0.4, -0.2) is 32.8 Å². The number of benzene rings is 2. The number of carbonyl (C=O) groups is 1. The van der Waals surface area contributed by atoms with Crippen LogP contribution in [0.15, 0.2) is 48.5 Å². The van der Waals surface area contributed by atoms with Crippen molar-refractivity contribution in [3.8, 4) is 0 Å². The molecule has 0 aliphatic carbocycles. The van der Waals surface area contributed by atoms with Crippen LogP contribution in [0.3, 0.4) is 0 Å². The summed E-state index contributed by atoms with van der Waals surface area (Å²) in [5, 5.41) is 16.6. The predicted octanol–water partition coefficient (Wildman–Crippen LogP) is 1.76. The number of rotatable bonds is 10. The van der Waals surface area contributed by atoms with Crippen LogP contribution >= 0.6 is 0 Å². The van der Waals surface area contributed by atoms with Gasteiger partial charge in [-0.15, -0.1) is 0 Å². The molecule has 3 N–H and O–H groups in total. The van der Waals surface area contributed by atoms with Crippen molar-refractivity contribution in [2.45, 2.75) is 18.7 Å². The normalized spacial score (nSPS) is 11.0. The van der Waals surface area contributed by atoms with Crippen LogP contribution in [0.1, 0.15) is 17.5 Å². The fourth-order valence-corrected chi connectivity index (χ4v) is 3.20. The zero-order valence-electron chi connectivity index (χ0n) is 15.3. The van der Waals surface area contributed by atoms with Crippen LogP contribution in [-0.2, 0) is 27.1 Å². The minimum absolute atomic E-state index is 0.0386. The Balaban J connectivity index is 1.78. The zero-order chi connectivity index (χ0) is 20.6. The number of nitrogens with one attached hydrogen (secondary N) is 3. The van der Waals surface area contributed by atoms with E-state index in [9.17, 15) is 23.3 Å². The summed E-state index contributed by atoms with van der Waals surface area (Å²) < 4.78 is 25.3. The smallest absolute Gasteiger partial charge is 0.292 e. The van der Waals surface area contributed by atoms with Crippen LogP contribution in [0.5, 0.6) is 0 Å². The summed E-state index contributed by atoms with van der Waals surface area (Å²) in [6, 6.07) is 13.2. The molecule has 0 heterocycles. The Kier molecular flexibility index (Phi) is 7.47. The summed E-state index contributed by atoms with van der Waals surface area (Å²) in [7, 11) is -1.96. The maximum atomic E-state index is 11.9. The van der Waals surface area contributed by atoms with Gasteiger partial charge in [0.1, 0.15) is 5.69 Å². The quantitative estimate of drug-likeness (QED) is 0.407. The molecule has 0 unspecified atom stereocenters. The topological polar surface area (TPSA) is 130 Å². The van der Waals surface area contributed by atoms with Gasteiger partial charge in [-0.05, 0) is 24.2 Å². The number of nitrogens with zero attached hydrogens (tertiary/aromatic N) is 1. The lowest BCUT2D eigenvalue weighted by atomic mass is 10.1. The summed E-state index contributed by atoms with van der Waals surface area (Å²) >= 11 is 0.